The molecule has 2 aliphatic rings. The van der Waals surface area contributed by atoms with Crippen molar-refractivity contribution in [3.05, 3.63) is 30.1 Å². The molecule has 2 aliphatic heterocycles. The van der Waals surface area contributed by atoms with Gasteiger partial charge in [-0.1, -0.05) is 6.07 Å². The Balaban J connectivity index is 1.52. The highest BCUT2D eigenvalue weighted by molar-refractivity contribution is 5.87. The van der Waals surface area contributed by atoms with Crippen LogP contribution in [0.5, 0.6) is 0 Å². The highest BCUT2D eigenvalue weighted by Crippen LogP contribution is 2.40. The molecule has 3 rings (SSSR count). The van der Waals surface area contributed by atoms with E-state index in [2.05, 4.69) is 4.98 Å². The Morgan fingerprint density at radius 3 is 2.92 bits per heavy atom. The number of amides is 2. The van der Waals surface area contributed by atoms with Crippen molar-refractivity contribution in [3.8, 4) is 0 Å². The predicted molar refractivity (Wildman–Crippen MR) is 97.3 cm³/mol. The smallest absolute Gasteiger partial charge is 0.236 e. The summed E-state index contributed by atoms with van der Waals surface area (Å²) in [5.74, 6) is 0.282. The van der Waals surface area contributed by atoms with Crippen LogP contribution in [0.1, 0.15) is 18.4 Å². The van der Waals surface area contributed by atoms with Gasteiger partial charge in [0.25, 0.3) is 0 Å². The lowest BCUT2D eigenvalue weighted by molar-refractivity contribution is -0.137. The second kappa shape index (κ2) is 8.14. The fourth-order valence-electron chi connectivity index (χ4n) is 3.96. The maximum absolute atomic E-state index is 12.8. The van der Waals surface area contributed by atoms with Gasteiger partial charge in [0.1, 0.15) is 0 Å². The average Bonchev–Trinajstić information content (AvgIpc) is 3.20. The van der Waals surface area contributed by atoms with Crippen LogP contribution in [0, 0.1) is 5.41 Å². The van der Waals surface area contributed by atoms with Crippen LogP contribution in [0.3, 0.4) is 0 Å². The molecule has 1 aromatic rings. The number of carbonyl (C=O) groups excluding carboxylic acids is 2. The fraction of sp³-hybridized carbons (Fsp3) is 0.632. The number of aromatic nitrogens is 1. The lowest BCUT2D eigenvalue weighted by Crippen LogP contribution is -2.41. The molecule has 0 aromatic carbocycles. The summed E-state index contributed by atoms with van der Waals surface area (Å²) in [6.45, 7) is 4.22. The zero-order valence-electron chi connectivity index (χ0n) is 15.7. The van der Waals surface area contributed by atoms with Gasteiger partial charge >= 0.3 is 0 Å². The van der Waals surface area contributed by atoms with E-state index in [0.717, 1.165) is 24.9 Å². The number of hydrogen-bond acceptors (Lipinski definition) is 5. The van der Waals surface area contributed by atoms with Crippen LogP contribution in [-0.2, 0) is 20.9 Å². The van der Waals surface area contributed by atoms with E-state index in [1.165, 1.54) is 0 Å². The van der Waals surface area contributed by atoms with Gasteiger partial charge in [0, 0.05) is 52.2 Å². The molecule has 0 radical (unpaired) electrons. The lowest BCUT2D eigenvalue weighted by Gasteiger charge is -2.25. The molecule has 0 aliphatic carbocycles. The van der Waals surface area contributed by atoms with Crippen molar-refractivity contribution < 1.29 is 14.3 Å². The van der Waals surface area contributed by atoms with Gasteiger partial charge in [0.05, 0.1) is 18.6 Å². The molecule has 142 valence electrons. The number of carbonyl (C=O) groups is 2. The molecule has 1 aromatic heterocycles. The number of ether oxygens (including phenoxy) is 1. The number of likely N-dealkylation sites (N-methyl/N-ethyl adjacent to an activating group) is 1. The standard InChI is InChI=1S/C19H28N4O3/c1-21(13-16-4-3-7-20-12-16)14-17(24)23-9-6-19(15-23)5-8-22(18(19)25)10-11-26-2/h3-4,7,12H,5-6,8-11,13-15H2,1-2H3. The van der Waals surface area contributed by atoms with Crippen LogP contribution in [0.25, 0.3) is 0 Å². The fourth-order valence-corrected chi connectivity index (χ4v) is 3.96. The second-order valence-corrected chi connectivity index (χ2v) is 7.41. The first-order chi connectivity index (χ1) is 12.5. The molecule has 2 fully saturated rings. The number of rotatable bonds is 7. The third kappa shape index (κ3) is 4.04. The molecule has 2 saturated heterocycles. The monoisotopic (exact) mass is 360 g/mol. The summed E-state index contributed by atoms with van der Waals surface area (Å²) in [6, 6.07) is 3.90. The normalized spacial score (nSPS) is 22.8. The molecule has 7 nitrogen and oxygen atoms in total. The first kappa shape index (κ1) is 18.8. The van der Waals surface area contributed by atoms with Crippen LogP contribution < -0.4 is 0 Å². The molecule has 0 saturated carbocycles. The van der Waals surface area contributed by atoms with Crippen molar-refractivity contribution in [1.29, 1.82) is 0 Å². The minimum Gasteiger partial charge on any atom is -0.383 e. The summed E-state index contributed by atoms with van der Waals surface area (Å²) in [5, 5.41) is 0. The number of methoxy groups -OCH3 is 1. The molecule has 1 unspecified atom stereocenters. The van der Waals surface area contributed by atoms with Gasteiger partial charge in [-0.15, -0.1) is 0 Å². The number of hydrogen-bond donors (Lipinski definition) is 0. The van der Waals surface area contributed by atoms with Crippen molar-refractivity contribution in [3.63, 3.8) is 0 Å². The van der Waals surface area contributed by atoms with E-state index in [1.54, 1.807) is 13.3 Å². The number of likely N-dealkylation sites (tertiary alicyclic amines) is 2. The summed E-state index contributed by atoms with van der Waals surface area (Å²) >= 11 is 0. The minimum absolute atomic E-state index is 0.0939. The van der Waals surface area contributed by atoms with Gasteiger partial charge in [-0.3, -0.25) is 19.5 Å². The van der Waals surface area contributed by atoms with Gasteiger partial charge in [-0.2, -0.15) is 0 Å². The van der Waals surface area contributed by atoms with Gasteiger partial charge in [0.15, 0.2) is 0 Å². The van der Waals surface area contributed by atoms with Crippen molar-refractivity contribution in [1.82, 2.24) is 19.7 Å². The largest absolute Gasteiger partial charge is 0.383 e. The molecule has 1 spiro atoms. The lowest BCUT2D eigenvalue weighted by atomic mass is 9.85. The molecule has 0 bridgehead atoms. The summed E-state index contributed by atoms with van der Waals surface area (Å²) in [5.41, 5.74) is 0.714. The zero-order chi connectivity index (χ0) is 18.6. The van der Waals surface area contributed by atoms with Crippen molar-refractivity contribution in [2.45, 2.75) is 19.4 Å². The van der Waals surface area contributed by atoms with Crippen LogP contribution in [0.4, 0.5) is 0 Å². The molecule has 1 atom stereocenters. The Labute approximate surface area is 154 Å². The Kier molecular flexibility index (Phi) is 5.88. The Morgan fingerprint density at radius 2 is 2.19 bits per heavy atom. The maximum Gasteiger partial charge on any atom is 0.236 e. The van der Waals surface area contributed by atoms with Gasteiger partial charge < -0.3 is 14.5 Å². The highest BCUT2D eigenvalue weighted by Gasteiger charge is 2.51. The molecular formula is C19H28N4O3. The van der Waals surface area contributed by atoms with E-state index in [4.69, 9.17) is 4.74 Å². The van der Waals surface area contributed by atoms with Crippen LogP contribution in [0.15, 0.2) is 24.5 Å². The van der Waals surface area contributed by atoms with Gasteiger partial charge in [-0.05, 0) is 31.5 Å². The van der Waals surface area contributed by atoms with Crippen LogP contribution in [-0.4, -0.2) is 85.0 Å². The van der Waals surface area contributed by atoms with Crippen molar-refractivity contribution in [2.24, 2.45) is 5.41 Å². The molecule has 0 N–H and O–H groups in total. The summed E-state index contributed by atoms with van der Waals surface area (Å²) < 4.78 is 5.09. The molecule has 3 heterocycles. The van der Waals surface area contributed by atoms with Crippen molar-refractivity contribution >= 4 is 11.8 Å². The van der Waals surface area contributed by atoms with Gasteiger partial charge in [0.2, 0.25) is 11.8 Å². The van der Waals surface area contributed by atoms with E-state index in [9.17, 15) is 9.59 Å². The minimum atomic E-state index is -0.370. The third-order valence-corrected chi connectivity index (χ3v) is 5.45. The van der Waals surface area contributed by atoms with E-state index >= 15 is 0 Å². The average molecular weight is 360 g/mol. The van der Waals surface area contributed by atoms with E-state index in [-0.39, 0.29) is 17.2 Å². The summed E-state index contributed by atoms with van der Waals surface area (Å²) in [6.07, 6.45) is 5.17. The van der Waals surface area contributed by atoms with E-state index in [0.29, 0.717) is 39.3 Å². The Hall–Kier alpha value is -1.99. The Bertz CT molecular complexity index is 639. The molecule has 26 heavy (non-hydrogen) atoms. The number of pyridine rings is 1. The quantitative estimate of drug-likeness (QED) is 0.713. The van der Waals surface area contributed by atoms with E-state index in [1.807, 2.05) is 40.1 Å². The molecule has 7 heteroatoms. The highest BCUT2D eigenvalue weighted by atomic mass is 16.5. The van der Waals surface area contributed by atoms with Crippen LogP contribution in [0.2, 0.25) is 0 Å². The third-order valence-electron chi connectivity index (χ3n) is 5.45. The van der Waals surface area contributed by atoms with Crippen molar-refractivity contribution in [2.75, 3.05) is 53.5 Å². The second-order valence-electron chi connectivity index (χ2n) is 7.41. The predicted octanol–water partition coefficient (Wildman–Crippen LogP) is 0.611. The van der Waals surface area contributed by atoms with Gasteiger partial charge in [-0.25, -0.2) is 0 Å². The first-order valence-electron chi connectivity index (χ1n) is 9.18. The molecular weight excluding hydrogens is 332 g/mol. The van der Waals surface area contributed by atoms with Crippen LogP contribution >= 0.6 is 0 Å². The first-order valence-corrected chi connectivity index (χ1v) is 9.18. The Morgan fingerprint density at radius 1 is 1.38 bits per heavy atom. The SMILES string of the molecule is COCCN1CCC2(CCN(C(=O)CN(C)Cc3cccnc3)C2)C1=O. The maximum atomic E-state index is 12.8. The number of nitrogens with zero attached hydrogens (tertiary/aromatic N) is 4. The molecule has 2 amide bonds. The zero-order valence-corrected chi connectivity index (χ0v) is 15.7. The summed E-state index contributed by atoms with van der Waals surface area (Å²) in [4.78, 5) is 35.3. The summed E-state index contributed by atoms with van der Waals surface area (Å²) in [7, 11) is 3.58. The topological polar surface area (TPSA) is 66.0 Å². The van der Waals surface area contributed by atoms with E-state index < -0.39 is 0 Å².